The number of aromatic nitrogens is 2. The number of amides is 1. The van der Waals surface area contributed by atoms with Crippen LogP contribution in [0.15, 0.2) is 28.6 Å². The van der Waals surface area contributed by atoms with E-state index in [9.17, 15) is 17.6 Å². The van der Waals surface area contributed by atoms with Gasteiger partial charge in [-0.2, -0.15) is 8.42 Å². The number of nitrogens with zero attached hydrogens (tertiary/aromatic N) is 2. The maximum absolute atomic E-state index is 12.8. The van der Waals surface area contributed by atoms with Gasteiger partial charge in [-0.15, -0.1) is 10.2 Å². The average Bonchev–Trinajstić information content (AvgIpc) is 2.90. The lowest BCUT2D eigenvalue weighted by Crippen LogP contribution is -2.12. The first-order valence-electron chi connectivity index (χ1n) is 5.82. The highest BCUT2D eigenvalue weighted by molar-refractivity contribution is 7.94. The zero-order valence-corrected chi connectivity index (χ0v) is 12.5. The molecular formula is C11H11FN4O3S2. The van der Waals surface area contributed by atoms with Crippen molar-refractivity contribution in [3.63, 3.8) is 0 Å². The van der Waals surface area contributed by atoms with Crippen molar-refractivity contribution in [3.8, 4) is 0 Å². The van der Waals surface area contributed by atoms with Crippen LogP contribution in [0.25, 0.3) is 0 Å². The Hall–Kier alpha value is -2.07. The van der Waals surface area contributed by atoms with Gasteiger partial charge in [-0.3, -0.25) is 9.52 Å². The summed E-state index contributed by atoms with van der Waals surface area (Å²) in [5.74, 6) is -0.764. The Kier molecular flexibility index (Phi) is 4.48. The Labute approximate surface area is 124 Å². The largest absolute Gasteiger partial charge is 0.301 e. The molecule has 0 aliphatic rings. The van der Waals surface area contributed by atoms with Crippen LogP contribution in [0.4, 0.5) is 15.2 Å². The van der Waals surface area contributed by atoms with Crippen LogP contribution in [0.1, 0.15) is 13.3 Å². The minimum atomic E-state index is -3.93. The Morgan fingerprint density at radius 2 is 1.95 bits per heavy atom. The van der Waals surface area contributed by atoms with Crippen LogP contribution in [0.3, 0.4) is 0 Å². The van der Waals surface area contributed by atoms with Gasteiger partial charge in [-0.1, -0.05) is 18.3 Å². The molecular weight excluding hydrogens is 319 g/mol. The fraction of sp³-hybridized carbons (Fsp3) is 0.182. The van der Waals surface area contributed by atoms with Gasteiger partial charge >= 0.3 is 0 Å². The summed E-state index contributed by atoms with van der Waals surface area (Å²) in [5, 5.41) is 9.62. The van der Waals surface area contributed by atoms with Gasteiger partial charge in [-0.05, 0) is 24.3 Å². The summed E-state index contributed by atoms with van der Waals surface area (Å²) in [4.78, 5) is 11.2. The molecule has 0 bridgehead atoms. The molecule has 0 aliphatic carbocycles. The van der Waals surface area contributed by atoms with E-state index in [1.54, 1.807) is 6.92 Å². The van der Waals surface area contributed by atoms with Gasteiger partial charge in [0.15, 0.2) is 0 Å². The fourth-order valence-electron chi connectivity index (χ4n) is 1.29. The second-order valence-corrected chi connectivity index (χ2v) is 6.72. The SMILES string of the molecule is CCC(=O)Nc1nnc(S(=O)(=O)Nc2ccc(F)cc2)s1. The minimum Gasteiger partial charge on any atom is -0.301 e. The second kappa shape index (κ2) is 6.14. The monoisotopic (exact) mass is 330 g/mol. The Balaban J connectivity index is 2.16. The molecule has 0 radical (unpaired) electrons. The van der Waals surface area contributed by atoms with Crippen molar-refractivity contribution in [2.75, 3.05) is 10.0 Å². The predicted molar refractivity (Wildman–Crippen MR) is 76.0 cm³/mol. The van der Waals surface area contributed by atoms with Crippen LogP contribution >= 0.6 is 11.3 Å². The van der Waals surface area contributed by atoms with Crippen LogP contribution in [0.5, 0.6) is 0 Å². The van der Waals surface area contributed by atoms with Crippen molar-refractivity contribution in [1.29, 1.82) is 0 Å². The molecule has 0 saturated heterocycles. The first kappa shape index (κ1) is 15.3. The number of carbonyl (C=O) groups excluding carboxylic acids is 1. The van der Waals surface area contributed by atoms with E-state index in [1.165, 1.54) is 12.1 Å². The molecule has 2 rings (SSSR count). The fourth-order valence-corrected chi connectivity index (χ4v) is 3.27. The molecule has 1 amide bonds. The summed E-state index contributed by atoms with van der Waals surface area (Å²) in [6.45, 7) is 1.66. The smallest absolute Gasteiger partial charge is 0.291 e. The molecule has 0 aliphatic heterocycles. The lowest BCUT2D eigenvalue weighted by Gasteiger charge is -2.04. The van der Waals surface area contributed by atoms with E-state index in [4.69, 9.17) is 0 Å². The summed E-state index contributed by atoms with van der Waals surface area (Å²) in [5.41, 5.74) is 0.200. The summed E-state index contributed by atoms with van der Waals surface area (Å²) in [6.07, 6.45) is 0.246. The molecule has 1 heterocycles. The number of carbonyl (C=O) groups is 1. The van der Waals surface area contributed by atoms with Crippen molar-refractivity contribution in [3.05, 3.63) is 30.1 Å². The predicted octanol–water partition coefficient (Wildman–Crippen LogP) is 1.83. The number of benzene rings is 1. The van der Waals surface area contributed by atoms with E-state index in [1.807, 2.05) is 0 Å². The molecule has 0 atom stereocenters. The van der Waals surface area contributed by atoms with E-state index < -0.39 is 15.8 Å². The van der Waals surface area contributed by atoms with Crippen LogP contribution in [-0.4, -0.2) is 24.5 Å². The van der Waals surface area contributed by atoms with Crippen LogP contribution < -0.4 is 10.0 Å². The van der Waals surface area contributed by atoms with E-state index in [2.05, 4.69) is 20.2 Å². The summed E-state index contributed by atoms with van der Waals surface area (Å²) < 4.78 is 38.8. The standard InChI is InChI=1S/C11H11FN4O3S2/c1-2-9(17)13-10-14-15-11(20-10)21(18,19)16-8-5-3-7(12)4-6-8/h3-6,16H,2H2,1H3,(H,13,14,17). The van der Waals surface area contributed by atoms with Gasteiger partial charge in [-0.25, -0.2) is 4.39 Å². The molecule has 2 aromatic rings. The van der Waals surface area contributed by atoms with Crippen molar-refractivity contribution < 1.29 is 17.6 Å². The third-order valence-electron chi connectivity index (χ3n) is 2.30. The van der Waals surface area contributed by atoms with Gasteiger partial charge in [0.2, 0.25) is 11.0 Å². The zero-order chi connectivity index (χ0) is 15.5. The molecule has 0 spiro atoms. The lowest BCUT2D eigenvalue weighted by molar-refractivity contribution is -0.115. The van der Waals surface area contributed by atoms with E-state index in [0.29, 0.717) is 0 Å². The van der Waals surface area contributed by atoms with Crippen molar-refractivity contribution in [2.45, 2.75) is 17.7 Å². The molecule has 10 heteroatoms. The lowest BCUT2D eigenvalue weighted by atomic mass is 10.3. The first-order chi connectivity index (χ1) is 9.90. The summed E-state index contributed by atoms with van der Waals surface area (Å²) in [7, 11) is -3.93. The normalized spacial score (nSPS) is 11.1. The number of hydrogen-bond donors (Lipinski definition) is 2. The van der Waals surface area contributed by atoms with Crippen LogP contribution in [0, 0.1) is 5.82 Å². The molecule has 1 aromatic heterocycles. The number of halogens is 1. The zero-order valence-electron chi connectivity index (χ0n) is 10.8. The van der Waals surface area contributed by atoms with Crippen molar-refractivity contribution in [1.82, 2.24) is 10.2 Å². The molecule has 0 unspecified atom stereocenters. The molecule has 0 saturated carbocycles. The molecule has 21 heavy (non-hydrogen) atoms. The van der Waals surface area contributed by atoms with Gasteiger partial charge in [0.05, 0.1) is 0 Å². The van der Waals surface area contributed by atoms with Crippen LogP contribution in [0.2, 0.25) is 0 Å². The number of sulfonamides is 1. The minimum absolute atomic E-state index is 0.0985. The quantitative estimate of drug-likeness (QED) is 0.815. The molecule has 112 valence electrons. The molecule has 7 nitrogen and oxygen atoms in total. The third-order valence-corrected chi connectivity index (χ3v) is 4.89. The van der Waals surface area contributed by atoms with E-state index in [0.717, 1.165) is 23.5 Å². The Morgan fingerprint density at radius 1 is 1.29 bits per heavy atom. The molecule has 2 N–H and O–H groups in total. The number of anilines is 2. The van der Waals surface area contributed by atoms with Crippen LogP contribution in [-0.2, 0) is 14.8 Å². The third kappa shape index (κ3) is 3.95. The van der Waals surface area contributed by atoms with E-state index >= 15 is 0 Å². The van der Waals surface area contributed by atoms with Crippen molar-refractivity contribution >= 4 is 38.1 Å². The number of rotatable bonds is 5. The highest BCUT2D eigenvalue weighted by atomic mass is 32.2. The maximum Gasteiger partial charge on any atom is 0.291 e. The topological polar surface area (TPSA) is 101 Å². The molecule has 1 aromatic carbocycles. The van der Waals surface area contributed by atoms with Gasteiger partial charge < -0.3 is 5.32 Å². The second-order valence-electron chi connectivity index (χ2n) is 3.89. The van der Waals surface area contributed by atoms with Gasteiger partial charge in [0.1, 0.15) is 5.82 Å². The maximum atomic E-state index is 12.8. The highest BCUT2D eigenvalue weighted by Gasteiger charge is 2.20. The summed E-state index contributed by atoms with van der Waals surface area (Å²) >= 11 is 0.727. The Morgan fingerprint density at radius 3 is 2.57 bits per heavy atom. The summed E-state index contributed by atoms with van der Waals surface area (Å²) in [6, 6.07) is 4.83. The molecule has 0 fully saturated rings. The Bertz CT molecular complexity index is 743. The first-order valence-corrected chi connectivity index (χ1v) is 8.12. The van der Waals surface area contributed by atoms with E-state index in [-0.39, 0.29) is 27.5 Å². The number of nitrogens with one attached hydrogen (secondary N) is 2. The number of hydrogen-bond acceptors (Lipinski definition) is 6. The van der Waals surface area contributed by atoms with Gasteiger partial charge in [0, 0.05) is 12.1 Å². The highest BCUT2D eigenvalue weighted by Crippen LogP contribution is 2.22. The van der Waals surface area contributed by atoms with Crippen molar-refractivity contribution in [2.24, 2.45) is 0 Å². The van der Waals surface area contributed by atoms with Gasteiger partial charge in [0.25, 0.3) is 14.4 Å². The average molecular weight is 330 g/mol.